The first-order valence-corrected chi connectivity index (χ1v) is 11.3. The van der Waals surface area contributed by atoms with E-state index >= 15 is 0 Å². The van der Waals surface area contributed by atoms with Gasteiger partial charge in [0.25, 0.3) is 0 Å². The fraction of sp³-hybridized carbons (Fsp3) is 0.542. The maximum atomic E-state index is 12.7. The molecule has 2 aliphatic rings. The average molecular weight is 409 g/mol. The van der Waals surface area contributed by atoms with Gasteiger partial charge in [-0.15, -0.1) is 0 Å². The normalized spacial score (nSPS) is 21.4. The number of piperidine rings is 1. The summed E-state index contributed by atoms with van der Waals surface area (Å²) in [6.07, 6.45) is 8.08. The molecule has 2 fully saturated rings. The number of aromatic nitrogens is 2. The molecule has 0 radical (unpaired) electrons. The van der Waals surface area contributed by atoms with Crippen molar-refractivity contribution < 1.29 is 9.59 Å². The van der Waals surface area contributed by atoms with E-state index in [9.17, 15) is 9.59 Å². The number of anilines is 1. The number of amides is 2. The Morgan fingerprint density at radius 2 is 1.90 bits per heavy atom. The zero-order chi connectivity index (χ0) is 20.9. The highest BCUT2D eigenvalue weighted by molar-refractivity contribution is 5.90. The van der Waals surface area contributed by atoms with Crippen LogP contribution < -0.4 is 5.32 Å². The summed E-state index contributed by atoms with van der Waals surface area (Å²) in [6, 6.07) is 12.1. The van der Waals surface area contributed by atoms with Gasteiger partial charge in [-0.1, -0.05) is 43.7 Å². The molecule has 0 unspecified atom stereocenters. The Labute approximate surface area is 178 Å². The Morgan fingerprint density at radius 1 is 1.13 bits per heavy atom. The zero-order valence-electron chi connectivity index (χ0n) is 17.8. The van der Waals surface area contributed by atoms with Crippen LogP contribution in [0.1, 0.15) is 57.1 Å². The lowest BCUT2D eigenvalue weighted by Gasteiger charge is -2.33. The van der Waals surface area contributed by atoms with Crippen molar-refractivity contribution in [2.24, 2.45) is 11.8 Å². The summed E-state index contributed by atoms with van der Waals surface area (Å²) in [5.41, 5.74) is 1.16. The Bertz CT molecular complexity index is 855. The first kappa shape index (κ1) is 20.6. The average Bonchev–Trinajstić information content (AvgIpc) is 3.40. The molecule has 2 heterocycles. The van der Waals surface area contributed by atoms with E-state index in [-0.39, 0.29) is 17.9 Å². The Morgan fingerprint density at radius 3 is 2.63 bits per heavy atom. The quantitative estimate of drug-likeness (QED) is 0.716. The number of nitrogens with zero attached hydrogens (tertiary/aromatic N) is 3. The summed E-state index contributed by atoms with van der Waals surface area (Å²) in [5, 5.41) is 7.48. The minimum atomic E-state index is 0.00363. The highest BCUT2D eigenvalue weighted by Crippen LogP contribution is 2.43. The highest BCUT2D eigenvalue weighted by atomic mass is 16.2. The molecule has 160 valence electrons. The first-order chi connectivity index (χ1) is 14.7. The molecule has 1 aromatic heterocycles. The van der Waals surface area contributed by atoms with Crippen LogP contribution in [0.2, 0.25) is 0 Å². The molecule has 6 heteroatoms. The summed E-state index contributed by atoms with van der Waals surface area (Å²) in [4.78, 5) is 27.1. The van der Waals surface area contributed by atoms with E-state index in [1.807, 2.05) is 46.0 Å². The summed E-state index contributed by atoms with van der Waals surface area (Å²) in [7, 11) is 0. The molecule has 2 amide bonds. The van der Waals surface area contributed by atoms with Gasteiger partial charge in [0, 0.05) is 31.5 Å². The van der Waals surface area contributed by atoms with Gasteiger partial charge in [-0.2, -0.15) is 5.10 Å². The van der Waals surface area contributed by atoms with E-state index in [1.54, 1.807) is 6.20 Å². The van der Waals surface area contributed by atoms with Crippen molar-refractivity contribution in [3.63, 3.8) is 0 Å². The van der Waals surface area contributed by atoms with Crippen LogP contribution >= 0.6 is 0 Å². The number of nitrogens with one attached hydrogen (secondary N) is 1. The molecule has 1 aromatic carbocycles. The van der Waals surface area contributed by atoms with Crippen molar-refractivity contribution in [1.82, 2.24) is 14.7 Å². The lowest BCUT2D eigenvalue weighted by Crippen LogP contribution is -2.40. The van der Waals surface area contributed by atoms with E-state index in [0.717, 1.165) is 56.6 Å². The Balaban J connectivity index is 1.26. The van der Waals surface area contributed by atoms with Crippen molar-refractivity contribution >= 4 is 17.6 Å². The molecule has 1 saturated carbocycles. The molecule has 1 saturated heterocycles. The lowest BCUT2D eigenvalue weighted by molar-refractivity contribution is -0.134. The van der Waals surface area contributed by atoms with Crippen LogP contribution in [-0.4, -0.2) is 39.6 Å². The fourth-order valence-electron chi connectivity index (χ4n) is 4.62. The van der Waals surface area contributed by atoms with Crippen molar-refractivity contribution in [2.75, 3.05) is 18.4 Å². The van der Waals surface area contributed by atoms with Crippen LogP contribution in [-0.2, 0) is 16.0 Å². The topological polar surface area (TPSA) is 67.2 Å². The molecule has 2 aromatic rings. The van der Waals surface area contributed by atoms with Crippen LogP contribution in [0.4, 0.5) is 5.82 Å². The van der Waals surface area contributed by atoms with Gasteiger partial charge in [-0.25, -0.2) is 4.68 Å². The number of aryl methyl sites for hydroxylation is 1. The maximum absolute atomic E-state index is 12.7. The number of carbonyl (C=O) groups is 2. The highest BCUT2D eigenvalue weighted by Gasteiger charge is 2.44. The number of benzene rings is 1. The Hall–Kier alpha value is -2.63. The molecular weight excluding hydrogens is 376 g/mol. The van der Waals surface area contributed by atoms with Crippen molar-refractivity contribution in [2.45, 2.75) is 57.9 Å². The smallest absolute Gasteiger partial charge is 0.225 e. The molecule has 1 N–H and O–H groups in total. The van der Waals surface area contributed by atoms with Crippen molar-refractivity contribution in [3.05, 3.63) is 48.2 Å². The predicted molar refractivity (Wildman–Crippen MR) is 117 cm³/mol. The molecule has 2 atom stereocenters. The molecular formula is C24H32N4O2. The van der Waals surface area contributed by atoms with E-state index < -0.39 is 0 Å². The maximum Gasteiger partial charge on any atom is 0.225 e. The van der Waals surface area contributed by atoms with Gasteiger partial charge in [-0.05, 0) is 43.6 Å². The van der Waals surface area contributed by atoms with Gasteiger partial charge in [0.05, 0.1) is 12.2 Å². The molecule has 0 bridgehead atoms. The van der Waals surface area contributed by atoms with Gasteiger partial charge >= 0.3 is 0 Å². The Kier molecular flexibility index (Phi) is 6.50. The van der Waals surface area contributed by atoms with Gasteiger partial charge < -0.3 is 10.2 Å². The van der Waals surface area contributed by atoms with Crippen molar-refractivity contribution in [3.8, 4) is 0 Å². The molecule has 30 heavy (non-hydrogen) atoms. The zero-order valence-corrected chi connectivity index (χ0v) is 17.8. The van der Waals surface area contributed by atoms with E-state index in [4.69, 9.17) is 0 Å². The van der Waals surface area contributed by atoms with E-state index in [1.165, 1.54) is 6.42 Å². The van der Waals surface area contributed by atoms with Crippen LogP contribution in [0.5, 0.6) is 0 Å². The van der Waals surface area contributed by atoms with Gasteiger partial charge in [-0.3, -0.25) is 9.59 Å². The molecule has 0 spiro atoms. The van der Waals surface area contributed by atoms with Gasteiger partial charge in [0.1, 0.15) is 5.82 Å². The number of rotatable bonds is 8. The number of likely N-dealkylation sites (tertiary alicyclic amines) is 1. The summed E-state index contributed by atoms with van der Waals surface area (Å²) >= 11 is 0. The summed E-state index contributed by atoms with van der Waals surface area (Å²) in [6.45, 7) is 3.74. The third-order valence-electron chi connectivity index (χ3n) is 6.44. The largest absolute Gasteiger partial charge is 0.342 e. The second-order valence-corrected chi connectivity index (χ2v) is 8.64. The predicted octanol–water partition coefficient (Wildman–Crippen LogP) is 4.05. The standard InChI is InChI=1S/C24H32N4O2/c1-2-6-19-17-21(19)24(30)27-15-12-20(13-16-27)28-22(11-14-25-28)26-23(29)10-9-18-7-4-3-5-8-18/h3-5,7-8,11,14,19-21H,2,6,9-10,12-13,15-17H2,1H3,(H,26,29)/t19-,21+/m0/s1. The van der Waals surface area contributed by atoms with E-state index in [2.05, 4.69) is 17.3 Å². The molecule has 4 rings (SSSR count). The second kappa shape index (κ2) is 9.45. The lowest BCUT2D eigenvalue weighted by atomic mass is 10.0. The second-order valence-electron chi connectivity index (χ2n) is 8.64. The van der Waals surface area contributed by atoms with Crippen LogP contribution in [0.25, 0.3) is 0 Å². The first-order valence-electron chi connectivity index (χ1n) is 11.3. The van der Waals surface area contributed by atoms with Gasteiger partial charge in [0.15, 0.2) is 0 Å². The summed E-state index contributed by atoms with van der Waals surface area (Å²) < 4.78 is 1.93. The number of carbonyl (C=O) groups excluding carboxylic acids is 2. The summed E-state index contributed by atoms with van der Waals surface area (Å²) in [5.74, 6) is 1.99. The van der Waals surface area contributed by atoms with Crippen molar-refractivity contribution in [1.29, 1.82) is 0 Å². The van der Waals surface area contributed by atoms with Gasteiger partial charge in [0.2, 0.25) is 11.8 Å². The van der Waals surface area contributed by atoms with Crippen LogP contribution in [0.15, 0.2) is 42.6 Å². The molecule has 1 aliphatic carbocycles. The minimum Gasteiger partial charge on any atom is -0.342 e. The minimum absolute atomic E-state index is 0.00363. The van der Waals surface area contributed by atoms with Crippen LogP contribution in [0.3, 0.4) is 0 Å². The fourth-order valence-corrected chi connectivity index (χ4v) is 4.62. The molecule has 6 nitrogen and oxygen atoms in total. The number of hydrogen-bond acceptors (Lipinski definition) is 3. The third kappa shape index (κ3) is 4.91. The van der Waals surface area contributed by atoms with Crippen LogP contribution in [0, 0.1) is 11.8 Å². The third-order valence-corrected chi connectivity index (χ3v) is 6.44. The van der Waals surface area contributed by atoms with E-state index in [0.29, 0.717) is 18.2 Å². The monoisotopic (exact) mass is 408 g/mol. The SMILES string of the molecule is CCC[C@H]1C[C@H]1C(=O)N1CCC(n2nccc2NC(=O)CCc2ccccc2)CC1. The number of hydrogen-bond donors (Lipinski definition) is 1. The molecule has 1 aliphatic heterocycles.